The molecular formula is C9H24IN3O3. The van der Waals surface area contributed by atoms with Crippen LogP contribution >= 0.6 is 0 Å². The molecule has 0 saturated carbocycles. The van der Waals surface area contributed by atoms with Crippen molar-refractivity contribution in [1.82, 2.24) is 0 Å². The van der Waals surface area contributed by atoms with Crippen molar-refractivity contribution in [3.05, 3.63) is 0 Å². The Kier molecular flexibility index (Phi) is 6.07. The Labute approximate surface area is 109 Å². The number of nitrogens with zero attached hydrogens (tertiary/aromatic N) is 1. The fourth-order valence-electron chi connectivity index (χ4n) is 1.01. The van der Waals surface area contributed by atoms with Crippen molar-refractivity contribution < 1.29 is 37.9 Å². The fourth-order valence-corrected chi connectivity index (χ4v) is 2.94. The Bertz CT molecular complexity index is 221. The van der Waals surface area contributed by atoms with Gasteiger partial charge in [0.05, 0.1) is 0 Å². The quantitative estimate of drug-likeness (QED) is 0.341. The minimum absolute atomic E-state index is 0.192. The summed E-state index contributed by atoms with van der Waals surface area (Å²) in [7, 11) is 0. The topological polar surface area (TPSA) is 79.7 Å². The third-order valence-electron chi connectivity index (χ3n) is 2.25. The van der Waals surface area contributed by atoms with Gasteiger partial charge in [0.1, 0.15) is 0 Å². The van der Waals surface area contributed by atoms with E-state index in [1.807, 2.05) is 41.5 Å². The van der Waals surface area contributed by atoms with Crippen molar-refractivity contribution in [3.8, 4) is 0 Å². The molecule has 0 aliphatic rings. The molecule has 0 rings (SSSR count). The Morgan fingerprint density at radius 3 is 1.88 bits per heavy atom. The molecule has 16 heavy (non-hydrogen) atoms. The van der Waals surface area contributed by atoms with E-state index >= 15 is 0 Å². The zero-order chi connectivity index (χ0) is 13.0. The van der Waals surface area contributed by atoms with Crippen LogP contribution in [0.25, 0.3) is 0 Å². The van der Waals surface area contributed by atoms with Gasteiger partial charge in [-0.15, -0.1) is 0 Å². The van der Waals surface area contributed by atoms with E-state index in [0.717, 1.165) is 6.42 Å². The van der Waals surface area contributed by atoms with Crippen molar-refractivity contribution in [2.24, 2.45) is 11.8 Å². The molecule has 0 amide bonds. The van der Waals surface area contributed by atoms with E-state index < -0.39 is 27.5 Å². The Morgan fingerprint density at radius 1 is 1.12 bits per heavy atom. The van der Waals surface area contributed by atoms with Crippen LogP contribution in [0.15, 0.2) is 0 Å². The Balaban J connectivity index is 5.15. The van der Waals surface area contributed by atoms with Gasteiger partial charge in [0, 0.05) is 0 Å². The van der Waals surface area contributed by atoms with Gasteiger partial charge in [-0.2, -0.15) is 0 Å². The minimum atomic E-state index is -1.04. The first-order valence-electron chi connectivity index (χ1n) is 5.15. The number of halogens is 1. The van der Waals surface area contributed by atoms with Crippen LogP contribution < -0.4 is 33.7 Å². The van der Waals surface area contributed by atoms with Gasteiger partial charge >= 0.3 is 109 Å². The molecule has 0 heterocycles. The van der Waals surface area contributed by atoms with Crippen LogP contribution in [0.4, 0.5) is 0 Å². The number of quaternary nitrogens is 1. The maximum absolute atomic E-state index is 5.90. The Morgan fingerprint density at radius 2 is 1.62 bits per heavy atom. The zero-order valence-electron chi connectivity index (χ0n) is 10.9. The fraction of sp³-hybridized carbons (Fsp3) is 1.00. The molecule has 0 radical (unpaired) electrons. The van der Waals surface area contributed by atoms with Crippen LogP contribution in [0.1, 0.15) is 48.0 Å². The molecule has 0 aromatic heterocycles. The van der Waals surface area contributed by atoms with Gasteiger partial charge < -0.3 is 0 Å². The van der Waals surface area contributed by atoms with Gasteiger partial charge in [-0.3, -0.25) is 0 Å². The average Bonchev–Trinajstić information content (AvgIpc) is 2.14. The number of hydrogen-bond acceptors (Lipinski definition) is 5. The molecule has 0 aliphatic heterocycles. The summed E-state index contributed by atoms with van der Waals surface area (Å²) in [5, 5.41) is 0. The van der Waals surface area contributed by atoms with Crippen LogP contribution in [-0.4, -0.2) is 14.2 Å². The van der Waals surface area contributed by atoms with Gasteiger partial charge in [-0.05, 0) is 0 Å². The summed E-state index contributed by atoms with van der Waals surface area (Å²) < 4.78 is 4.59. The summed E-state index contributed by atoms with van der Waals surface area (Å²) in [5.41, 5.74) is -0.723. The second-order valence-electron chi connectivity index (χ2n) is 5.11. The first-order chi connectivity index (χ1) is 7.14. The van der Waals surface area contributed by atoms with Crippen molar-refractivity contribution >= 4 is 0 Å². The number of nitrogens with two attached hydrogens (primary N) is 2. The molecular weight excluding hydrogens is 325 g/mol. The van der Waals surface area contributed by atoms with E-state index in [0.29, 0.717) is 0 Å². The molecule has 1 unspecified atom stereocenters. The molecule has 6 nitrogen and oxygen atoms in total. The molecule has 0 aromatic rings. The number of hydroxylamine groups is 2. The first kappa shape index (κ1) is 16.5. The third-order valence-corrected chi connectivity index (χ3v) is 4.72. The summed E-state index contributed by atoms with van der Waals surface area (Å²) in [6.07, 6.45) is 0.823. The summed E-state index contributed by atoms with van der Waals surface area (Å²) >= 11 is -1.04. The normalized spacial score (nSPS) is 17.5. The number of rotatable bonds is 6. The predicted molar refractivity (Wildman–Crippen MR) is 56.0 cm³/mol. The molecule has 0 spiro atoms. The molecule has 0 fully saturated rings. The SMILES string of the molecule is CCC(C)(C)[N+](ON)(OC(C)(C)C)[I-]ON. The summed E-state index contributed by atoms with van der Waals surface area (Å²) in [6.45, 7) is 11.9. The number of hydrogen-bond donors (Lipinski definition) is 2. The van der Waals surface area contributed by atoms with Crippen LogP contribution in [0.2, 0.25) is 0 Å². The molecule has 7 heteroatoms. The predicted octanol–water partition coefficient (Wildman–Crippen LogP) is -1.66. The summed E-state index contributed by atoms with van der Waals surface area (Å²) in [5.74, 6) is 10.6. The van der Waals surface area contributed by atoms with E-state index in [2.05, 4.69) is 0 Å². The molecule has 100 valence electrons. The van der Waals surface area contributed by atoms with E-state index in [1.165, 1.54) is 0 Å². The molecule has 0 bridgehead atoms. The summed E-state index contributed by atoms with van der Waals surface area (Å²) in [6, 6.07) is 0. The Hall–Kier alpha value is 0.490. The van der Waals surface area contributed by atoms with E-state index in [9.17, 15) is 0 Å². The van der Waals surface area contributed by atoms with Gasteiger partial charge in [-0.25, -0.2) is 0 Å². The van der Waals surface area contributed by atoms with E-state index in [1.54, 1.807) is 0 Å². The van der Waals surface area contributed by atoms with Crippen molar-refractivity contribution in [1.29, 1.82) is 0 Å². The maximum atomic E-state index is 5.90. The molecule has 1 atom stereocenters. The zero-order valence-corrected chi connectivity index (χ0v) is 13.1. The van der Waals surface area contributed by atoms with Crippen LogP contribution in [0.3, 0.4) is 0 Å². The van der Waals surface area contributed by atoms with Crippen molar-refractivity contribution in [3.63, 3.8) is 0 Å². The summed E-state index contributed by atoms with van der Waals surface area (Å²) in [4.78, 5) is 11.0. The standard InChI is InChI=1S/C9H24IN3O3/c1-7-9(5,6)13(16-12,10-15-11)14-8(2,3)4/h7,11-12H2,1-6H3. The van der Waals surface area contributed by atoms with Crippen LogP contribution in [0.5, 0.6) is 0 Å². The first-order valence-corrected chi connectivity index (χ1v) is 6.99. The van der Waals surface area contributed by atoms with Gasteiger partial charge in [0.15, 0.2) is 0 Å². The van der Waals surface area contributed by atoms with Gasteiger partial charge in [0.2, 0.25) is 0 Å². The van der Waals surface area contributed by atoms with Gasteiger partial charge in [0.25, 0.3) is 0 Å². The van der Waals surface area contributed by atoms with Crippen molar-refractivity contribution in [2.75, 3.05) is 0 Å². The molecule has 0 aromatic carbocycles. The van der Waals surface area contributed by atoms with Crippen molar-refractivity contribution in [2.45, 2.75) is 59.1 Å². The molecule has 4 N–H and O–H groups in total. The van der Waals surface area contributed by atoms with Crippen LogP contribution in [0, 0.1) is 0 Å². The average molecular weight is 349 g/mol. The van der Waals surface area contributed by atoms with Crippen LogP contribution in [-0.2, 0) is 12.9 Å². The van der Waals surface area contributed by atoms with E-state index in [-0.39, 0.29) is 8.56 Å². The van der Waals surface area contributed by atoms with E-state index in [4.69, 9.17) is 24.7 Å². The monoisotopic (exact) mass is 349 g/mol. The van der Waals surface area contributed by atoms with Gasteiger partial charge in [-0.1, -0.05) is 0 Å². The second-order valence-corrected chi connectivity index (χ2v) is 7.29. The third kappa shape index (κ3) is 4.06. The second kappa shape index (κ2) is 5.89. The molecule has 0 saturated heterocycles. The molecule has 0 aliphatic carbocycles.